The van der Waals surface area contributed by atoms with Crippen LogP contribution >= 0.6 is 15.9 Å². The van der Waals surface area contributed by atoms with Crippen molar-refractivity contribution in [2.24, 2.45) is 22.1 Å². The summed E-state index contributed by atoms with van der Waals surface area (Å²) >= 11 is 3.61. The van der Waals surface area contributed by atoms with Crippen molar-refractivity contribution in [1.29, 1.82) is 0 Å². The number of ether oxygens (including phenoxy) is 2. The molecule has 0 aromatic heterocycles. The summed E-state index contributed by atoms with van der Waals surface area (Å²) in [7, 11) is 3.20. The minimum atomic E-state index is -0.444. The number of benzene rings is 2. The first-order chi connectivity index (χ1) is 27.8. The van der Waals surface area contributed by atoms with Crippen LogP contribution in [0.1, 0.15) is 105 Å². The summed E-state index contributed by atoms with van der Waals surface area (Å²) in [4.78, 5) is 60.9. The summed E-state index contributed by atoms with van der Waals surface area (Å²) in [6, 6.07) is 8.17. The largest absolute Gasteiger partial charge is 0.500 e. The first-order valence-corrected chi connectivity index (χ1v) is 20.8. The third-order valence-corrected chi connectivity index (χ3v) is 11.5. The number of ketones is 2. The molecule has 0 saturated heterocycles. The quantitative estimate of drug-likeness (QED) is 0.205. The molecule has 2 N–H and O–H groups in total. The molecule has 2 aliphatic carbocycles. The Morgan fingerprint density at radius 2 is 1.19 bits per heavy atom. The van der Waals surface area contributed by atoms with Crippen molar-refractivity contribution in [2.75, 3.05) is 27.3 Å². The van der Waals surface area contributed by atoms with E-state index < -0.39 is 11.2 Å². The zero-order valence-electron chi connectivity index (χ0n) is 35.9. The normalized spacial score (nSPS) is 20.3. The molecule has 2 aromatic carbocycles. The number of hydrogen-bond donors (Lipinski definition) is 2. The van der Waals surface area contributed by atoms with Gasteiger partial charge in [0, 0.05) is 60.6 Å². The van der Waals surface area contributed by atoms with E-state index >= 15 is 0 Å². The predicted molar refractivity (Wildman–Crippen MR) is 233 cm³/mol. The van der Waals surface area contributed by atoms with E-state index in [0.29, 0.717) is 85.7 Å². The second-order valence-electron chi connectivity index (χ2n) is 16.9. The second kappa shape index (κ2) is 18.5. The van der Waals surface area contributed by atoms with Crippen LogP contribution in [-0.4, -0.2) is 73.3 Å². The minimum absolute atomic E-state index is 0.0615. The monoisotopic (exact) mass is 872 g/mol. The molecule has 12 nitrogen and oxygen atoms in total. The van der Waals surface area contributed by atoms with Gasteiger partial charge in [0.1, 0.15) is 34.1 Å². The molecule has 2 aromatic rings. The lowest BCUT2D eigenvalue weighted by molar-refractivity contribution is -0.115. The number of carbonyl (C=O) groups excluding carboxylic acids is 4. The van der Waals surface area contributed by atoms with Gasteiger partial charge in [-0.15, -0.1) is 0 Å². The van der Waals surface area contributed by atoms with Gasteiger partial charge in [0.15, 0.2) is 11.6 Å². The van der Waals surface area contributed by atoms with Crippen LogP contribution in [0.5, 0.6) is 0 Å². The Morgan fingerprint density at radius 1 is 0.763 bits per heavy atom. The van der Waals surface area contributed by atoms with Crippen LogP contribution in [0, 0.1) is 39.5 Å². The molecular weight excluding hydrogens is 816 g/mol. The second-order valence-corrected chi connectivity index (χ2v) is 17.8. The Kier molecular flexibility index (Phi) is 14.1. The number of hydrogen-bond acceptors (Lipinski definition) is 10. The van der Waals surface area contributed by atoms with Gasteiger partial charge in [-0.2, -0.15) is 0 Å². The topological polar surface area (TPSA) is 154 Å². The third-order valence-electron chi connectivity index (χ3n) is 10.8. The molecule has 0 fully saturated rings. The first kappa shape index (κ1) is 45.1. The number of rotatable bonds is 13. The van der Waals surface area contributed by atoms with E-state index in [1.54, 1.807) is 20.3 Å². The SMILES string of the molecule is C=Cc1cc(C)cc(C)c1C1=C(OC)C(CCNC(=O)C2=NOC(C)(C)C2)CC1=O.COC1=C(c2c(C)cc(C)cc2Br)C(=O)CC1CCNC(=O)C1=NOC(C)(C)C1. The van der Waals surface area contributed by atoms with Gasteiger partial charge in [0.05, 0.1) is 25.4 Å². The number of nitrogens with zero attached hydrogens (tertiary/aromatic N) is 2. The summed E-state index contributed by atoms with van der Waals surface area (Å²) in [5.74, 6) is 0.931. The van der Waals surface area contributed by atoms with Crippen molar-refractivity contribution in [3.63, 3.8) is 0 Å². The summed E-state index contributed by atoms with van der Waals surface area (Å²) in [5.41, 5.74) is 8.22. The summed E-state index contributed by atoms with van der Waals surface area (Å²) in [5, 5.41) is 13.5. The number of allylic oxidation sites excluding steroid dienone is 4. The van der Waals surface area contributed by atoms with E-state index in [0.717, 1.165) is 43.4 Å². The highest BCUT2D eigenvalue weighted by atomic mass is 79.9. The van der Waals surface area contributed by atoms with Gasteiger partial charge in [-0.3, -0.25) is 19.2 Å². The molecule has 0 radical (unpaired) electrons. The highest BCUT2D eigenvalue weighted by molar-refractivity contribution is 9.10. The number of halogens is 1. The van der Waals surface area contributed by atoms with Crippen molar-refractivity contribution >= 4 is 68.0 Å². The number of aryl methyl sites for hydroxylation is 4. The number of oxime groups is 2. The Bertz CT molecular complexity index is 2160. The van der Waals surface area contributed by atoms with Crippen LogP contribution in [0.15, 0.2) is 57.1 Å². The average molecular weight is 874 g/mol. The molecular formula is C46H57BrN4O8. The maximum absolute atomic E-state index is 12.9. The van der Waals surface area contributed by atoms with Crippen molar-refractivity contribution in [2.45, 2.75) is 105 Å². The van der Waals surface area contributed by atoms with Crippen molar-refractivity contribution in [3.8, 4) is 0 Å². The van der Waals surface area contributed by atoms with E-state index in [9.17, 15) is 19.2 Å². The fourth-order valence-corrected chi connectivity index (χ4v) is 9.12. The molecule has 316 valence electrons. The fraction of sp³-hybridized carbons (Fsp3) is 0.478. The molecule has 0 saturated carbocycles. The number of Topliss-reactive ketones (excluding diaryl/α,β-unsaturated/α-hetero) is 2. The Balaban J connectivity index is 0.000000224. The third kappa shape index (κ3) is 10.4. The first-order valence-electron chi connectivity index (χ1n) is 20.0. The molecule has 0 spiro atoms. The van der Waals surface area contributed by atoms with Crippen LogP contribution in [0.3, 0.4) is 0 Å². The maximum Gasteiger partial charge on any atom is 0.269 e. The molecule has 2 atom stereocenters. The number of carbonyl (C=O) groups is 4. The standard InChI is InChI=1S/C24H30N2O4.C22H27BrN2O4/c1-7-16-11-14(2)10-15(3)20(16)21-19(27)12-17(22(21)29-6)8-9-25-23(28)18-13-24(4,5)30-26-18;1-12-8-13(2)18(15(23)9-12)19-17(26)10-14(20(19)28-5)6-7-24-21(27)16-11-22(3,4)29-25-16/h7,10-11,17H,1,8-9,12-13H2,2-6H3,(H,25,28);8-9,14H,6-7,10-11H2,1-5H3,(H,24,27). The zero-order valence-corrected chi connectivity index (χ0v) is 37.5. The number of nitrogens with one attached hydrogen (secondary N) is 2. The molecule has 13 heteroatoms. The average Bonchev–Trinajstić information content (AvgIpc) is 3.89. The smallest absolute Gasteiger partial charge is 0.269 e. The highest BCUT2D eigenvalue weighted by Crippen LogP contribution is 2.42. The summed E-state index contributed by atoms with van der Waals surface area (Å²) in [6.45, 7) is 20.4. The van der Waals surface area contributed by atoms with Crippen LogP contribution in [0.4, 0.5) is 0 Å². The highest BCUT2D eigenvalue weighted by Gasteiger charge is 2.38. The fourth-order valence-electron chi connectivity index (χ4n) is 8.24. The summed E-state index contributed by atoms with van der Waals surface area (Å²) < 4.78 is 12.3. The maximum atomic E-state index is 12.9. The molecule has 59 heavy (non-hydrogen) atoms. The lowest BCUT2D eigenvalue weighted by atomic mass is 9.91. The van der Waals surface area contributed by atoms with Gasteiger partial charge < -0.3 is 29.8 Å². The van der Waals surface area contributed by atoms with Crippen molar-refractivity contribution in [3.05, 3.63) is 85.8 Å². The lowest BCUT2D eigenvalue weighted by Gasteiger charge is -2.16. The van der Waals surface area contributed by atoms with Crippen LogP contribution in [0.2, 0.25) is 0 Å². The molecule has 2 heterocycles. The van der Waals surface area contributed by atoms with E-state index in [1.165, 1.54) is 0 Å². The molecule has 0 bridgehead atoms. The molecule has 2 aliphatic heterocycles. The Morgan fingerprint density at radius 3 is 1.58 bits per heavy atom. The van der Waals surface area contributed by atoms with Crippen molar-refractivity contribution in [1.82, 2.24) is 10.6 Å². The van der Waals surface area contributed by atoms with Gasteiger partial charge in [-0.1, -0.05) is 62.7 Å². The van der Waals surface area contributed by atoms with Gasteiger partial charge in [0.25, 0.3) is 11.8 Å². The zero-order chi connectivity index (χ0) is 43.4. The van der Waals surface area contributed by atoms with Gasteiger partial charge >= 0.3 is 0 Å². The summed E-state index contributed by atoms with van der Waals surface area (Å²) in [6.07, 6.45) is 4.71. The minimum Gasteiger partial charge on any atom is -0.500 e. The van der Waals surface area contributed by atoms with Gasteiger partial charge in [-0.05, 0) is 102 Å². The van der Waals surface area contributed by atoms with Gasteiger partial charge in [-0.25, -0.2) is 0 Å². The Labute approximate surface area is 356 Å². The van der Waals surface area contributed by atoms with E-state index in [4.69, 9.17) is 19.1 Å². The Hall–Kier alpha value is -5.04. The van der Waals surface area contributed by atoms with E-state index in [2.05, 4.69) is 55.6 Å². The van der Waals surface area contributed by atoms with Gasteiger partial charge in [0.2, 0.25) is 0 Å². The molecule has 2 amide bonds. The molecule has 2 unspecified atom stereocenters. The number of methoxy groups -OCH3 is 2. The number of amides is 2. The van der Waals surface area contributed by atoms with E-state index in [-0.39, 0.29) is 35.2 Å². The van der Waals surface area contributed by atoms with E-state index in [1.807, 2.05) is 67.5 Å². The molecule has 6 rings (SSSR count). The van der Waals surface area contributed by atoms with Crippen LogP contribution < -0.4 is 10.6 Å². The lowest BCUT2D eigenvalue weighted by Crippen LogP contribution is -2.33. The molecule has 4 aliphatic rings. The van der Waals surface area contributed by atoms with Crippen LogP contribution in [-0.2, 0) is 38.3 Å². The predicted octanol–water partition coefficient (Wildman–Crippen LogP) is 8.03. The van der Waals surface area contributed by atoms with Crippen LogP contribution in [0.25, 0.3) is 17.2 Å². The van der Waals surface area contributed by atoms with Crippen molar-refractivity contribution < 1.29 is 38.3 Å².